The van der Waals surface area contributed by atoms with Crippen molar-refractivity contribution >= 4 is 29.1 Å². The third-order valence-electron chi connectivity index (χ3n) is 4.13. The van der Waals surface area contributed by atoms with Crippen LogP contribution in [-0.2, 0) is 4.74 Å². The SMILES string of the molecule is CCOC(=O)Nc1cccc(OC(=O)c2csc(-c3cnn(-c4ccccc4)c3)n2)c1. The molecule has 0 atom stereocenters. The molecule has 1 amide bonds. The Labute approximate surface area is 182 Å². The maximum Gasteiger partial charge on any atom is 0.411 e. The fourth-order valence-corrected chi connectivity index (χ4v) is 3.50. The summed E-state index contributed by atoms with van der Waals surface area (Å²) in [4.78, 5) is 28.4. The van der Waals surface area contributed by atoms with E-state index in [0.717, 1.165) is 11.3 Å². The Balaban J connectivity index is 1.44. The Morgan fingerprint density at radius 3 is 2.77 bits per heavy atom. The quantitative estimate of drug-likeness (QED) is 0.346. The summed E-state index contributed by atoms with van der Waals surface area (Å²) in [7, 11) is 0. The first kappa shape index (κ1) is 20.3. The van der Waals surface area contributed by atoms with Crippen molar-refractivity contribution in [3.63, 3.8) is 0 Å². The Morgan fingerprint density at radius 2 is 1.97 bits per heavy atom. The molecule has 0 saturated heterocycles. The standard InChI is InChI=1S/C22H18N4O4S/c1-2-29-22(28)24-16-7-6-10-18(11-16)30-21(27)19-14-31-20(25-19)15-12-23-26(13-15)17-8-4-3-5-9-17/h3-14H,2H2,1H3,(H,24,28). The van der Waals surface area contributed by atoms with Gasteiger partial charge in [-0.15, -0.1) is 11.3 Å². The molecule has 4 rings (SSSR count). The molecule has 0 radical (unpaired) electrons. The van der Waals surface area contributed by atoms with Crippen LogP contribution in [0.15, 0.2) is 72.4 Å². The second-order valence-electron chi connectivity index (χ2n) is 6.31. The minimum atomic E-state index is -0.591. The minimum absolute atomic E-state index is 0.191. The second kappa shape index (κ2) is 9.23. The molecule has 0 spiro atoms. The van der Waals surface area contributed by atoms with Crippen LogP contribution >= 0.6 is 11.3 Å². The molecule has 0 bridgehead atoms. The molecule has 0 saturated carbocycles. The average molecular weight is 434 g/mol. The molecular formula is C22H18N4O4S. The molecular weight excluding hydrogens is 416 g/mol. The molecule has 9 heteroatoms. The van der Waals surface area contributed by atoms with Gasteiger partial charge in [0.1, 0.15) is 10.8 Å². The number of para-hydroxylation sites is 1. The number of hydrogen-bond donors (Lipinski definition) is 1. The van der Waals surface area contributed by atoms with Crippen molar-refractivity contribution in [1.29, 1.82) is 0 Å². The maximum absolute atomic E-state index is 12.5. The molecule has 2 heterocycles. The Bertz CT molecular complexity index is 1200. The van der Waals surface area contributed by atoms with Gasteiger partial charge in [-0.3, -0.25) is 5.32 Å². The van der Waals surface area contributed by atoms with Gasteiger partial charge in [-0.25, -0.2) is 19.3 Å². The van der Waals surface area contributed by atoms with E-state index in [1.807, 2.05) is 36.5 Å². The number of esters is 1. The zero-order valence-electron chi connectivity index (χ0n) is 16.5. The molecule has 1 N–H and O–H groups in total. The van der Waals surface area contributed by atoms with Crippen LogP contribution in [0.4, 0.5) is 10.5 Å². The lowest BCUT2D eigenvalue weighted by Gasteiger charge is -2.07. The Hall–Kier alpha value is -3.98. The highest BCUT2D eigenvalue weighted by Gasteiger charge is 2.16. The fourth-order valence-electron chi connectivity index (χ4n) is 2.74. The molecule has 2 aromatic heterocycles. The second-order valence-corrected chi connectivity index (χ2v) is 7.17. The number of hydrogen-bond acceptors (Lipinski definition) is 7. The Morgan fingerprint density at radius 1 is 1.13 bits per heavy atom. The van der Waals surface area contributed by atoms with E-state index in [0.29, 0.717) is 10.7 Å². The molecule has 0 aliphatic rings. The lowest BCUT2D eigenvalue weighted by atomic mass is 10.3. The zero-order chi connectivity index (χ0) is 21.6. The molecule has 0 fully saturated rings. The predicted octanol–water partition coefficient (Wildman–Crippen LogP) is 4.78. The van der Waals surface area contributed by atoms with E-state index >= 15 is 0 Å². The van der Waals surface area contributed by atoms with Crippen LogP contribution in [0.2, 0.25) is 0 Å². The number of rotatable bonds is 6. The normalized spacial score (nSPS) is 10.5. The number of thiazole rings is 1. The third-order valence-corrected chi connectivity index (χ3v) is 5.02. The number of aromatic nitrogens is 3. The van der Waals surface area contributed by atoms with Gasteiger partial charge in [-0.2, -0.15) is 5.10 Å². The number of carbonyl (C=O) groups is 2. The highest BCUT2D eigenvalue weighted by molar-refractivity contribution is 7.13. The average Bonchev–Trinajstić information content (AvgIpc) is 3.45. The third kappa shape index (κ3) is 4.96. The lowest BCUT2D eigenvalue weighted by molar-refractivity contribution is 0.0729. The largest absolute Gasteiger partial charge is 0.450 e. The number of benzene rings is 2. The first-order valence-corrected chi connectivity index (χ1v) is 10.3. The van der Waals surface area contributed by atoms with Crippen LogP contribution in [0.5, 0.6) is 5.75 Å². The minimum Gasteiger partial charge on any atom is -0.450 e. The number of nitrogens with zero attached hydrogens (tertiary/aromatic N) is 3. The fraction of sp³-hybridized carbons (Fsp3) is 0.0909. The van der Waals surface area contributed by atoms with Gasteiger partial charge in [0.05, 0.1) is 18.5 Å². The van der Waals surface area contributed by atoms with Crippen molar-refractivity contribution in [2.24, 2.45) is 0 Å². The van der Waals surface area contributed by atoms with E-state index in [9.17, 15) is 9.59 Å². The van der Waals surface area contributed by atoms with Gasteiger partial charge in [0.15, 0.2) is 5.69 Å². The summed E-state index contributed by atoms with van der Waals surface area (Å²) in [5.74, 6) is -0.308. The first-order valence-electron chi connectivity index (χ1n) is 9.44. The van der Waals surface area contributed by atoms with Gasteiger partial charge in [0, 0.05) is 28.9 Å². The van der Waals surface area contributed by atoms with Gasteiger partial charge < -0.3 is 9.47 Å². The van der Waals surface area contributed by atoms with E-state index in [1.54, 1.807) is 41.4 Å². The van der Waals surface area contributed by atoms with Crippen molar-refractivity contribution in [2.75, 3.05) is 11.9 Å². The molecule has 0 unspecified atom stereocenters. The highest BCUT2D eigenvalue weighted by Crippen LogP contribution is 2.25. The highest BCUT2D eigenvalue weighted by atomic mass is 32.1. The van der Waals surface area contributed by atoms with Gasteiger partial charge >= 0.3 is 12.1 Å². The summed E-state index contributed by atoms with van der Waals surface area (Å²) in [5.41, 5.74) is 2.38. The molecule has 0 aliphatic heterocycles. The van der Waals surface area contributed by atoms with Gasteiger partial charge in [0.2, 0.25) is 0 Å². The maximum atomic E-state index is 12.5. The van der Waals surface area contributed by atoms with E-state index in [2.05, 4.69) is 15.4 Å². The van der Waals surface area contributed by atoms with Crippen LogP contribution in [0, 0.1) is 0 Å². The summed E-state index contributed by atoms with van der Waals surface area (Å²) in [6.07, 6.45) is 2.98. The molecule has 8 nitrogen and oxygen atoms in total. The summed E-state index contributed by atoms with van der Waals surface area (Å²) < 4.78 is 12.0. The van der Waals surface area contributed by atoms with Crippen molar-refractivity contribution < 1.29 is 19.1 Å². The molecule has 31 heavy (non-hydrogen) atoms. The summed E-state index contributed by atoms with van der Waals surface area (Å²) in [6, 6.07) is 16.2. The van der Waals surface area contributed by atoms with E-state index in [4.69, 9.17) is 9.47 Å². The van der Waals surface area contributed by atoms with Crippen molar-refractivity contribution in [3.8, 4) is 22.0 Å². The van der Waals surface area contributed by atoms with Crippen LogP contribution < -0.4 is 10.1 Å². The van der Waals surface area contributed by atoms with Gasteiger partial charge in [-0.05, 0) is 31.2 Å². The van der Waals surface area contributed by atoms with Crippen LogP contribution in [0.3, 0.4) is 0 Å². The van der Waals surface area contributed by atoms with Crippen molar-refractivity contribution in [1.82, 2.24) is 14.8 Å². The molecule has 156 valence electrons. The zero-order valence-corrected chi connectivity index (χ0v) is 17.3. The topological polar surface area (TPSA) is 95.3 Å². The summed E-state index contributed by atoms with van der Waals surface area (Å²) >= 11 is 1.33. The monoisotopic (exact) mass is 434 g/mol. The van der Waals surface area contributed by atoms with E-state index < -0.39 is 12.1 Å². The van der Waals surface area contributed by atoms with Crippen LogP contribution in [-0.4, -0.2) is 33.4 Å². The van der Waals surface area contributed by atoms with E-state index in [1.165, 1.54) is 17.4 Å². The van der Waals surface area contributed by atoms with Crippen LogP contribution in [0.25, 0.3) is 16.3 Å². The molecule has 0 aliphatic carbocycles. The molecule has 4 aromatic rings. The number of amides is 1. The van der Waals surface area contributed by atoms with Crippen molar-refractivity contribution in [3.05, 3.63) is 78.1 Å². The van der Waals surface area contributed by atoms with Gasteiger partial charge in [-0.1, -0.05) is 24.3 Å². The number of carbonyl (C=O) groups excluding carboxylic acids is 2. The molecule has 2 aromatic carbocycles. The summed E-state index contributed by atoms with van der Waals surface area (Å²) in [5, 5.41) is 9.21. The predicted molar refractivity (Wildman–Crippen MR) is 117 cm³/mol. The van der Waals surface area contributed by atoms with E-state index in [-0.39, 0.29) is 18.1 Å². The number of anilines is 1. The van der Waals surface area contributed by atoms with Crippen molar-refractivity contribution in [2.45, 2.75) is 6.92 Å². The lowest BCUT2D eigenvalue weighted by Crippen LogP contribution is -2.13. The number of nitrogens with one attached hydrogen (secondary N) is 1. The van der Waals surface area contributed by atoms with Crippen LogP contribution in [0.1, 0.15) is 17.4 Å². The summed E-state index contributed by atoms with van der Waals surface area (Å²) in [6.45, 7) is 1.98. The Kier molecular flexibility index (Phi) is 6.04. The number of ether oxygens (including phenoxy) is 2. The first-order chi connectivity index (χ1) is 15.1. The van der Waals surface area contributed by atoms with Gasteiger partial charge in [0.25, 0.3) is 0 Å². The smallest absolute Gasteiger partial charge is 0.411 e.